The van der Waals surface area contributed by atoms with Gasteiger partial charge in [-0.3, -0.25) is 0 Å². The van der Waals surface area contributed by atoms with Crippen LogP contribution in [-0.2, 0) is 0 Å². The van der Waals surface area contributed by atoms with E-state index in [-0.39, 0.29) is 25.0 Å². The molecule has 0 amide bonds. The van der Waals surface area contributed by atoms with E-state index in [9.17, 15) is 18.3 Å². The molecule has 5 heteroatoms. The van der Waals surface area contributed by atoms with Gasteiger partial charge in [0.1, 0.15) is 0 Å². The number of rotatable bonds is 3. The zero-order chi connectivity index (χ0) is 15.6. The molecule has 21 heavy (non-hydrogen) atoms. The summed E-state index contributed by atoms with van der Waals surface area (Å²) in [6.07, 6.45) is -0.769. The third kappa shape index (κ3) is 4.59. The van der Waals surface area contributed by atoms with E-state index in [1.54, 1.807) is 0 Å². The zero-order valence-electron chi connectivity index (χ0n) is 13.1. The Morgan fingerprint density at radius 1 is 1.19 bits per heavy atom. The molecule has 2 aliphatic rings. The topological polar surface area (TPSA) is 23.5 Å². The summed E-state index contributed by atoms with van der Waals surface area (Å²) < 4.78 is 38.6. The normalized spacial score (nSPS) is 36.1. The summed E-state index contributed by atoms with van der Waals surface area (Å²) in [4.78, 5) is 1.93. The predicted octanol–water partition coefficient (Wildman–Crippen LogP) is 3.69. The summed E-state index contributed by atoms with van der Waals surface area (Å²) in [5.74, 6) is 0.136. The second-order valence-electron chi connectivity index (χ2n) is 7.28. The molecule has 0 spiro atoms. The van der Waals surface area contributed by atoms with Crippen LogP contribution in [0.1, 0.15) is 46.0 Å². The molecule has 0 aromatic heterocycles. The fourth-order valence-corrected chi connectivity index (χ4v) is 3.91. The number of nitrogens with zero attached hydrogens (tertiary/aromatic N) is 1. The average Bonchev–Trinajstić information content (AvgIpc) is 2.40. The van der Waals surface area contributed by atoms with E-state index < -0.39 is 12.1 Å². The maximum absolute atomic E-state index is 12.9. The first-order chi connectivity index (χ1) is 9.77. The highest BCUT2D eigenvalue weighted by atomic mass is 19.4. The van der Waals surface area contributed by atoms with Crippen LogP contribution in [0.4, 0.5) is 13.2 Å². The lowest BCUT2D eigenvalue weighted by molar-refractivity contribution is -0.187. The molecule has 4 atom stereocenters. The summed E-state index contributed by atoms with van der Waals surface area (Å²) >= 11 is 0. The molecule has 1 aliphatic heterocycles. The van der Waals surface area contributed by atoms with Crippen molar-refractivity contribution in [3.63, 3.8) is 0 Å². The van der Waals surface area contributed by atoms with Gasteiger partial charge in [0, 0.05) is 13.1 Å². The number of piperidine rings is 1. The van der Waals surface area contributed by atoms with Crippen molar-refractivity contribution >= 4 is 0 Å². The molecular weight excluding hydrogens is 279 g/mol. The number of aliphatic hydroxyl groups excluding tert-OH is 1. The summed E-state index contributed by atoms with van der Waals surface area (Å²) in [7, 11) is 0. The molecule has 1 aliphatic carbocycles. The van der Waals surface area contributed by atoms with Gasteiger partial charge in [0.05, 0.1) is 12.0 Å². The van der Waals surface area contributed by atoms with E-state index in [2.05, 4.69) is 13.8 Å². The van der Waals surface area contributed by atoms with Crippen LogP contribution in [0, 0.1) is 23.7 Å². The Hall–Kier alpha value is -0.290. The van der Waals surface area contributed by atoms with Crippen molar-refractivity contribution in [1.82, 2.24) is 4.90 Å². The quantitative estimate of drug-likeness (QED) is 0.859. The Kier molecular flexibility index (Phi) is 5.58. The third-order valence-corrected chi connectivity index (χ3v) is 5.39. The van der Waals surface area contributed by atoms with Crippen molar-refractivity contribution in [3.8, 4) is 0 Å². The van der Waals surface area contributed by atoms with Gasteiger partial charge in [0.15, 0.2) is 0 Å². The van der Waals surface area contributed by atoms with E-state index >= 15 is 0 Å². The molecule has 0 bridgehead atoms. The van der Waals surface area contributed by atoms with Gasteiger partial charge in [-0.15, -0.1) is 0 Å². The Morgan fingerprint density at radius 2 is 1.90 bits per heavy atom. The van der Waals surface area contributed by atoms with E-state index in [0.717, 1.165) is 25.8 Å². The van der Waals surface area contributed by atoms with Gasteiger partial charge in [-0.25, -0.2) is 0 Å². The first-order valence-electron chi connectivity index (χ1n) is 8.24. The fraction of sp³-hybridized carbons (Fsp3) is 1.00. The van der Waals surface area contributed by atoms with Crippen LogP contribution < -0.4 is 0 Å². The summed E-state index contributed by atoms with van der Waals surface area (Å²) in [6, 6.07) is 0. The van der Waals surface area contributed by atoms with Gasteiger partial charge in [-0.1, -0.05) is 13.8 Å². The summed E-state index contributed by atoms with van der Waals surface area (Å²) in [6.45, 7) is 5.86. The van der Waals surface area contributed by atoms with Gasteiger partial charge in [-0.05, 0) is 56.4 Å². The van der Waals surface area contributed by atoms with Crippen molar-refractivity contribution in [2.45, 2.75) is 58.2 Å². The highest BCUT2D eigenvalue weighted by Crippen LogP contribution is 2.37. The number of likely N-dealkylation sites (tertiary alicyclic amines) is 1. The first-order valence-corrected chi connectivity index (χ1v) is 8.24. The smallest absolute Gasteiger partial charge is 0.393 e. The van der Waals surface area contributed by atoms with Crippen LogP contribution in [0.3, 0.4) is 0 Å². The highest BCUT2D eigenvalue weighted by Gasteiger charge is 2.42. The molecule has 1 N–H and O–H groups in total. The predicted molar refractivity (Wildman–Crippen MR) is 76.9 cm³/mol. The Labute approximate surface area is 125 Å². The summed E-state index contributed by atoms with van der Waals surface area (Å²) in [5.41, 5.74) is 0. The SMILES string of the molecule is CC(C)C1CCC(O)C(CN2CCCC(C(F)(F)F)C2)C1. The number of aliphatic hydroxyl groups is 1. The second-order valence-corrected chi connectivity index (χ2v) is 7.28. The lowest BCUT2D eigenvalue weighted by Gasteiger charge is -2.40. The molecule has 1 saturated heterocycles. The molecule has 0 radical (unpaired) electrons. The molecule has 2 fully saturated rings. The highest BCUT2D eigenvalue weighted by molar-refractivity contribution is 4.85. The monoisotopic (exact) mass is 307 g/mol. The van der Waals surface area contributed by atoms with Crippen molar-refractivity contribution < 1.29 is 18.3 Å². The fourth-order valence-electron chi connectivity index (χ4n) is 3.91. The maximum atomic E-state index is 12.9. The Balaban J connectivity index is 1.90. The van der Waals surface area contributed by atoms with E-state index in [1.165, 1.54) is 0 Å². The lowest BCUT2D eigenvalue weighted by Crippen LogP contribution is -2.46. The van der Waals surface area contributed by atoms with E-state index in [1.807, 2.05) is 4.90 Å². The minimum atomic E-state index is -4.08. The minimum Gasteiger partial charge on any atom is -0.393 e. The van der Waals surface area contributed by atoms with Crippen molar-refractivity contribution in [3.05, 3.63) is 0 Å². The molecule has 1 saturated carbocycles. The van der Waals surface area contributed by atoms with Crippen LogP contribution in [0.2, 0.25) is 0 Å². The van der Waals surface area contributed by atoms with E-state index in [4.69, 9.17) is 0 Å². The van der Waals surface area contributed by atoms with Gasteiger partial charge >= 0.3 is 6.18 Å². The van der Waals surface area contributed by atoms with Crippen molar-refractivity contribution in [2.75, 3.05) is 19.6 Å². The number of hydrogen-bond acceptors (Lipinski definition) is 2. The van der Waals surface area contributed by atoms with Gasteiger partial charge in [-0.2, -0.15) is 13.2 Å². The molecule has 4 unspecified atom stereocenters. The zero-order valence-corrected chi connectivity index (χ0v) is 13.1. The third-order valence-electron chi connectivity index (χ3n) is 5.39. The van der Waals surface area contributed by atoms with Gasteiger partial charge in [0.2, 0.25) is 0 Å². The summed E-state index contributed by atoms with van der Waals surface area (Å²) in [5, 5.41) is 10.2. The molecular formula is C16H28F3NO. The molecule has 0 aromatic rings. The second kappa shape index (κ2) is 6.86. The average molecular weight is 307 g/mol. The van der Waals surface area contributed by atoms with Crippen molar-refractivity contribution in [1.29, 1.82) is 0 Å². The minimum absolute atomic E-state index is 0.110. The molecule has 2 nitrogen and oxygen atoms in total. The van der Waals surface area contributed by atoms with Crippen LogP contribution >= 0.6 is 0 Å². The standard InChI is InChI=1S/C16H28F3NO/c1-11(2)12-5-6-15(21)13(8-12)9-20-7-3-4-14(10-20)16(17,18)19/h11-15,21H,3-10H2,1-2H3. The van der Waals surface area contributed by atoms with Crippen LogP contribution in [0.5, 0.6) is 0 Å². The van der Waals surface area contributed by atoms with Crippen LogP contribution in [-0.4, -0.2) is 41.9 Å². The molecule has 124 valence electrons. The van der Waals surface area contributed by atoms with Crippen LogP contribution in [0.15, 0.2) is 0 Å². The first kappa shape index (κ1) is 17.1. The maximum Gasteiger partial charge on any atom is 0.393 e. The molecule has 2 rings (SSSR count). The van der Waals surface area contributed by atoms with Gasteiger partial charge in [0.25, 0.3) is 0 Å². The molecule has 1 heterocycles. The number of alkyl halides is 3. The van der Waals surface area contributed by atoms with Crippen molar-refractivity contribution in [2.24, 2.45) is 23.7 Å². The van der Waals surface area contributed by atoms with E-state index in [0.29, 0.717) is 24.8 Å². The molecule has 0 aromatic carbocycles. The lowest BCUT2D eigenvalue weighted by atomic mass is 9.74. The Bertz CT molecular complexity index is 332. The van der Waals surface area contributed by atoms with Gasteiger partial charge < -0.3 is 10.0 Å². The number of halogens is 3. The Morgan fingerprint density at radius 3 is 2.52 bits per heavy atom. The number of hydrogen-bond donors (Lipinski definition) is 1. The van der Waals surface area contributed by atoms with Crippen LogP contribution in [0.25, 0.3) is 0 Å². The largest absolute Gasteiger partial charge is 0.393 e.